The molecule has 4 atom stereocenters. The number of carbonyl (C=O) groups is 1. The van der Waals surface area contributed by atoms with Gasteiger partial charge in [-0.2, -0.15) is 0 Å². The van der Waals surface area contributed by atoms with Gasteiger partial charge in [0.2, 0.25) is 0 Å². The number of ether oxygens (including phenoxy) is 1. The lowest BCUT2D eigenvalue weighted by atomic mass is 9.82. The smallest absolute Gasteiger partial charge is 0.274 e. The van der Waals surface area contributed by atoms with Crippen molar-refractivity contribution >= 4 is 11.6 Å². The minimum absolute atomic E-state index is 0.105. The van der Waals surface area contributed by atoms with E-state index in [2.05, 4.69) is 36.1 Å². The molecule has 1 amide bonds. The van der Waals surface area contributed by atoms with Crippen LogP contribution in [0.3, 0.4) is 0 Å². The molecule has 2 saturated carbocycles. The van der Waals surface area contributed by atoms with E-state index in [9.17, 15) is 4.79 Å². The van der Waals surface area contributed by atoms with Gasteiger partial charge in [-0.3, -0.25) is 9.20 Å². The van der Waals surface area contributed by atoms with E-state index in [-0.39, 0.29) is 17.6 Å². The van der Waals surface area contributed by atoms with Crippen molar-refractivity contribution in [1.82, 2.24) is 19.7 Å². The first-order valence-corrected chi connectivity index (χ1v) is 10.0. The average Bonchev–Trinajstić information content (AvgIpc) is 3.05. The summed E-state index contributed by atoms with van der Waals surface area (Å²) in [5.41, 5.74) is 2.88. The average molecular weight is 370 g/mol. The number of fused-ring (bicyclic) bond motifs is 3. The molecule has 0 saturated heterocycles. The monoisotopic (exact) mass is 370 g/mol. The van der Waals surface area contributed by atoms with Crippen molar-refractivity contribution in [3.63, 3.8) is 0 Å². The summed E-state index contributed by atoms with van der Waals surface area (Å²) in [7, 11) is 0. The van der Waals surface area contributed by atoms with E-state index in [1.807, 2.05) is 24.3 Å². The third-order valence-electron chi connectivity index (χ3n) is 5.91. The van der Waals surface area contributed by atoms with E-state index in [1.54, 1.807) is 6.33 Å². The van der Waals surface area contributed by atoms with Crippen LogP contribution in [0.2, 0.25) is 0 Å². The van der Waals surface area contributed by atoms with Crippen molar-refractivity contribution in [2.24, 2.45) is 11.8 Å². The molecule has 6 heteroatoms. The highest BCUT2D eigenvalue weighted by Gasteiger charge is 2.44. The first-order valence-electron chi connectivity index (χ1n) is 10.0. The number of nitrogens with zero attached hydrogens (tertiary/aromatic N) is 3. The van der Waals surface area contributed by atoms with Crippen LogP contribution in [0, 0.1) is 25.7 Å². The lowest BCUT2D eigenvalue weighted by molar-refractivity contribution is -0.0875. The van der Waals surface area contributed by atoms with E-state index in [4.69, 9.17) is 4.74 Å². The fourth-order valence-corrected chi connectivity index (χ4v) is 4.96. The Kier molecular flexibility index (Phi) is 4.49. The Bertz CT molecular complexity index is 853. The second-order valence-corrected chi connectivity index (χ2v) is 9.25. The summed E-state index contributed by atoms with van der Waals surface area (Å²) in [6.45, 7) is 10.3. The maximum Gasteiger partial charge on any atom is 0.274 e. The molecule has 27 heavy (non-hydrogen) atoms. The van der Waals surface area contributed by atoms with Gasteiger partial charge in [0.1, 0.15) is 6.33 Å². The Hall–Kier alpha value is -1.95. The number of aromatic nitrogens is 3. The highest BCUT2D eigenvalue weighted by Crippen LogP contribution is 2.44. The number of nitrogens with one attached hydrogen (secondary N) is 1. The lowest BCUT2D eigenvalue weighted by Crippen LogP contribution is -2.47. The predicted molar refractivity (Wildman–Crippen MR) is 104 cm³/mol. The van der Waals surface area contributed by atoms with Crippen LogP contribution in [-0.4, -0.2) is 38.0 Å². The molecule has 2 fully saturated rings. The van der Waals surface area contributed by atoms with Gasteiger partial charge < -0.3 is 10.1 Å². The quantitative estimate of drug-likeness (QED) is 0.898. The molecule has 2 aliphatic rings. The third-order valence-corrected chi connectivity index (χ3v) is 5.91. The molecule has 0 radical (unpaired) electrons. The molecule has 2 aliphatic carbocycles. The number of hydrogen-bond acceptors (Lipinski definition) is 4. The second-order valence-electron chi connectivity index (χ2n) is 9.25. The zero-order valence-electron chi connectivity index (χ0n) is 17.0. The van der Waals surface area contributed by atoms with Gasteiger partial charge in [0.05, 0.1) is 11.7 Å². The van der Waals surface area contributed by atoms with Crippen LogP contribution < -0.4 is 5.32 Å². The number of hydrogen-bond donors (Lipinski definition) is 1. The number of aryl methyl sites for hydroxylation is 2. The van der Waals surface area contributed by atoms with E-state index in [1.165, 1.54) is 12.8 Å². The van der Waals surface area contributed by atoms with Crippen molar-refractivity contribution in [3.05, 3.63) is 29.5 Å². The second kappa shape index (κ2) is 6.59. The summed E-state index contributed by atoms with van der Waals surface area (Å²) in [6, 6.07) is 2.22. The van der Waals surface area contributed by atoms with Crippen molar-refractivity contribution in [3.8, 4) is 0 Å². The first kappa shape index (κ1) is 18.4. The fraction of sp³-hybridized carbons (Fsp3) is 0.667. The Morgan fingerprint density at radius 1 is 1.22 bits per heavy atom. The molecule has 146 valence electrons. The largest absolute Gasteiger partial charge is 0.373 e. The minimum Gasteiger partial charge on any atom is -0.373 e. The summed E-state index contributed by atoms with van der Waals surface area (Å²) >= 11 is 0. The van der Waals surface area contributed by atoms with Crippen LogP contribution in [0.5, 0.6) is 0 Å². The Labute approximate surface area is 160 Å². The van der Waals surface area contributed by atoms with E-state index < -0.39 is 0 Å². The van der Waals surface area contributed by atoms with Crippen LogP contribution in [0.4, 0.5) is 0 Å². The molecule has 0 spiro atoms. The molecular weight excluding hydrogens is 340 g/mol. The lowest BCUT2D eigenvalue weighted by Gasteiger charge is -2.38. The summed E-state index contributed by atoms with van der Waals surface area (Å²) < 4.78 is 8.11. The zero-order chi connectivity index (χ0) is 19.3. The Balaban J connectivity index is 1.50. The predicted octanol–water partition coefficient (Wildman–Crippen LogP) is 3.45. The standard InChI is InChI=1S/C21H30N4O2/c1-12-8-13(2)25-11-22-18(19(25)23-12)20(26)24-17-14-6-7-15(17)10-16(9-14)27-21(3,4)5/h8,11,14-17H,6-7,9-10H2,1-5H3,(H,24,26)/t14-,15?,16?,17?/m1/s1. The number of amides is 1. The van der Waals surface area contributed by atoms with E-state index in [0.717, 1.165) is 24.2 Å². The molecule has 0 aromatic carbocycles. The maximum atomic E-state index is 13.0. The summed E-state index contributed by atoms with van der Waals surface area (Å²) in [5.74, 6) is 0.878. The van der Waals surface area contributed by atoms with Gasteiger partial charge >= 0.3 is 0 Å². The topological polar surface area (TPSA) is 68.5 Å². The van der Waals surface area contributed by atoms with Gasteiger partial charge in [-0.05, 0) is 78.2 Å². The molecule has 6 nitrogen and oxygen atoms in total. The number of carbonyl (C=O) groups excluding carboxylic acids is 1. The van der Waals surface area contributed by atoms with Gasteiger partial charge in [-0.1, -0.05) is 0 Å². The SMILES string of the molecule is Cc1cc(C)n2cnc(C(=O)NC3C4CC[C@@H]3CC(OC(C)(C)C)C4)c2n1. The molecule has 1 N–H and O–H groups in total. The highest BCUT2D eigenvalue weighted by atomic mass is 16.5. The Morgan fingerprint density at radius 3 is 2.52 bits per heavy atom. The first-order chi connectivity index (χ1) is 12.7. The van der Waals surface area contributed by atoms with Crippen LogP contribution in [0.15, 0.2) is 12.4 Å². The molecular formula is C21H30N4O2. The van der Waals surface area contributed by atoms with Crippen molar-refractivity contribution in [2.75, 3.05) is 0 Å². The van der Waals surface area contributed by atoms with Gasteiger partial charge in [0, 0.05) is 17.4 Å². The normalized spacial score (nSPS) is 27.9. The number of imidazole rings is 1. The van der Waals surface area contributed by atoms with Crippen molar-refractivity contribution < 1.29 is 9.53 Å². The Morgan fingerprint density at radius 2 is 1.89 bits per heavy atom. The zero-order valence-corrected chi connectivity index (χ0v) is 17.0. The third kappa shape index (κ3) is 3.59. The van der Waals surface area contributed by atoms with Crippen LogP contribution >= 0.6 is 0 Å². The molecule has 4 rings (SSSR count). The molecule has 2 aromatic heterocycles. The summed E-state index contributed by atoms with van der Waals surface area (Å²) in [6.07, 6.45) is 6.38. The fourth-order valence-electron chi connectivity index (χ4n) is 4.96. The summed E-state index contributed by atoms with van der Waals surface area (Å²) in [4.78, 5) is 21.9. The number of rotatable bonds is 3. The minimum atomic E-state index is -0.114. The van der Waals surface area contributed by atoms with E-state index in [0.29, 0.717) is 29.3 Å². The van der Waals surface area contributed by atoms with Crippen LogP contribution in [-0.2, 0) is 4.74 Å². The molecule has 2 bridgehead atoms. The van der Waals surface area contributed by atoms with Gasteiger partial charge in [0.25, 0.3) is 5.91 Å². The van der Waals surface area contributed by atoms with Crippen molar-refractivity contribution in [2.45, 2.75) is 78.0 Å². The van der Waals surface area contributed by atoms with Crippen molar-refractivity contribution in [1.29, 1.82) is 0 Å². The molecule has 2 heterocycles. The van der Waals surface area contributed by atoms with E-state index >= 15 is 0 Å². The van der Waals surface area contributed by atoms with Gasteiger partial charge in [-0.15, -0.1) is 0 Å². The van der Waals surface area contributed by atoms with Crippen LogP contribution in [0.25, 0.3) is 5.65 Å². The molecule has 2 aromatic rings. The molecule has 3 unspecified atom stereocenters. The highest BCUT2D eigenvalue weighted by molar-refractivity contribution is 5.98. The summed E-state index contributed by atoms with van der Waals surface area (Å²) in [5, 5.41) is 3.29. The maximum absolute atomic E-state index is 13.0. The molecule has 0 aliphatic heterocycles. The van der Waals surface area contributed by atoms with Gasteiger partial charge in [0.15, 0.2) is 11.3 Å². The van der Waals surface area contributed by atoms with Crippen LogP contribution in [0.1, 0.15) is 68.3 Å². The van der Waals surface area contributed by atoms with Gasteiger partial charge in [-0.25, -0.2) is 9.97 Å².